The fraction of sp³-hybridized carbons (Fsp3) is 0.400. The summed E-state index contributed by atoms with van der Waals surface area (Å²) in [6.45, 7) is 2.30. The van der Waals surface area contributed by atoms with E-state index in [0.29, 0.717) is 0 Å². The molecular formula is C20H25N3O3. The van der Waals surface area contributed by atoms with Crippen molar-refractivity contribution in [3.8, 4) is 0 Å². The molecule has 1 fully saturated rings. The Kier molecular flexibility index (Phi) is 6.30. The molecule has 138 valence electrons. The smallest absolute Gasteiger partial charge is 0.286 e. The predicted molar refractivity (Wildman–Crippen MR) is 101 cm³/mol. The summed E-state index contributed by atoms with van der Waals surface area (Å²) in [5, 5.41) is 5.67. The molecule has 3 rings (SSSR count). The number of para-hydroxylation sites is 2. The van der Waals surface area contributed by atoms with Crippen LogP contribution in [0.15, 0.2) is 47.1 Å². The summed E-state index contributed by atoms with van der Waals surface area (Å²) in [6.07, 6.45) is 6.55. The van der Waals surface area contributed by atoms with E-state index in [1.807, 2.05) is 18.2 Å². The zero-order valence-electron chi connectivity index (χ0n) is 14.9. The number of hydrogen-bond acceptors (Lipinski definition) is 4. The number of carbonyl (C=O) groups excluding carboxylic acids is 2. The van der Waals surface area contributed by atoms with E-state index < -0.39 is 0 Å². The topological polar surface area (TPSA) is 74.6 Å². The van der Waals surface area contributed by atoms with E-state index in [9.17, 15) is 9.59 Å². The summed E-state index contributed by atoms with van der Waals surface area (Å²) in [4.78, 5) is 26.4. The first kappa shape index (κ1) is 18.0. The van der Waals surface area contributed by atoms with Crippen molar-refractivity contribution in [2.45, 2.75) is 32.1 Å². The standard InChI is InChI=1S/C20H25N3O3/c24-19(11-12-21-20(25)18-10-7-15-26-18)22-16-8-3-4-9-17(16)23-13-5-1-2-6-14-23/h3-4,7-10,15H,1-2,5-6,11-14H2,(H,21,25)(H,22,24). The van der Waals surface area contributed by atoms with E-state index in [-0.39, 0.29) is 30.5 Å². The number of nitrogens with zero attached hydrogens (tertiary/aromatic N) is 1. The summed E-state index contributed by atoms with van der Waals surface area (Å²) in [7, 11) is 0. The van der Waals surface area contributed by atoms with Crippen molar-refractivity contribution in [3.63, 3.8) is 0 Å². The molecule has 6 heteroatoms. The minimum absolute atomic E-state index is 0.119. The van der Waals surface area contributed by atoms with Crippen LogP contribution in [0, 0.1) is 0 Å². The molecule has 1 saturated heterocycles. The summed E-state index contributed by atoms with van der Waals surface area (Å²) < 4.78 is 5.02. The van der Waals surface area contributed by atoms with Gasteiger partial charge in [0.05, 0.1) is 17.6 Å². The van der Waals surface area contributed by atoms with Gasteiger partial charge in [-0.2, -0.15) is 0 Å². The lowest BCUT2D eigenvalue weighted by Crippen LogP contribution is -2.28. The highest BCUT2D eigenvalue weighted by molar-refractivity contribution is 5.95. The molecule has 0 radical (unpaired) electrons. The number of rotatable bonds is 6. The maximum Gasteiger partial charge on any atom is 0.286 e. The van der Waals surface area contributed by atoms with Gasteiger partial charge in [0.1, 0.15) is 0 Å². The Morgan fingerprint density at radius 1 is 1.00 bits per heavy atom. The minimum atomic E-state index is -0.312. The van der Waals surface area contributed by atoms with E-state index in [1.54, 1.807) is 12.1 Å². The first-order valence-corrected chi connectivity index (χ1v) is 9.19. The highest BCUT2D eigenvalue weighted by Crippen LogP contribution is 2.28. The van der Waals surface area contributed by atoms with Crippen molar-refractivity contribution >= 4 is 23.2 Å². The number of benzene rings is 1. The predicted octanol–water partition coefficient (Wildman–Crippen LogP) is 3.42. The van der Waals surface area contributed by atoms with Gasteiger partial charge in [-0.15, -0.1) is 0 Å². The van der Waals surface area contributed by atoms with Crippen LogP contribution in [-0.2, 0) is 4.79 Å². The third kappa shape index (κ3) is 4.88. The average Bonchev–Trinajstić information content (AvgIpc) is 3.05. The molecule has 1 aliphatic heterocycles. The van der Waals surface area contributed by atoms with Gasteiger partial charge in [-0.05, 0) is 37.1 Å². The van der Waals surface area contributed by atoms with E-state index in [2.05, 4.69) is 21.6 Å². The monoisotopic (exact) mass is 355 g/mol. The number of amides is 2. The van der Waals surface area contributed by atoms with E-state index in [1.165, 1.54) is 31.9 Å². The molecule has 0 atom stereocenters. The van der Waals surface area contributed by atoms with Gasteiger partial charge in [-0.1, -0.05) is 25.0 Å². The zero-order chi connectivity index (χ0) is 18.2. The van der Waals surface area contributed by atoms with Crippen LogP contribution in [0.1, 0.15) is 42.7 Å². The minimum Gasteiger partial charge on any atom is -0.459 e. The molecule has 2 aromatic rings. The lowest BCUT2D eigenvalue weighted by atomic mass is 10.2. The van der Waals surface area contributed by atoms with Crippen LogP contribution >= 0.6 is 0 Å². The number of anilines is 2. The van der Waals surface area contributed by atoms with Crippen molar-refractivity contribution in [1.29, 1.82) is 0 Å². The first-order chi connectivity index (χ1) is 12.7. The van der Waals surface area contributed by atoms with E-state index in [4.69, 9.17) is 4.42 Å². The zero-order valence-corrected chi connectivity index (χ0v) is 14.9. The van der Waals surface area contributed by atoms with Gasteiger partial charge in [0.15, 0.2) is 5.76 Å². The van der Waals surface area contributed by atoms with E-state index >= 15 is 0 Å². The van der Waals surface area contributed by atoms with E-state index in [0.717, 1.165) is 24.5 Å². The van der Waals surface area contributed by atoms with Crippen LogP contribution in [0.4, 0.5) is 11.4 Å². The van der Waals surface area contributed by atoms with Crippen LogP contribution in [0.5, 0.6) is 0 Å². The largest absolute Gasteiger partial charge is 0.459 e. The normalized spacial score (nSPS) is 14.5. The number of nitrogens with one attached hydrogen (secondary N) is 2. The third-order valence-electron chi connectivity index (χ3n) is 4.51. The van der Waals surface area contributed by atoms with Crippen LogP contribution in [-0.4, -0.2) is 31.4 Å². The SMILES string of the molecule is O=C(CCNC(=O)c1ccco1)Nc1ccccc1N1CCCCCC1. The maximum absolute atomic E-state index is 12.3. The maximum atomic E-state index is 12.3. The van der Waals surface area contributed by atoms with Crippen LogP contribution in [0.25, 0.3) is 0 Å². The molecule has 2 amide bonds. The van der Waals surface area contributed by atoms with Crippen molar-refractivity contribution in [2.24, 2.45) is 0 Å². The molecule has 0 aliphatic carbocycles. The van der Waals surface area contributed by atoms with Crippen LogP contribution in [0.2, 0.25) is 0 Å². The van der Waals surface area contributed by atoms with Crippen molar-refractivity contribution in [3.05, 3.63) is 48.4 Å². The third-order valence-corrected chi connectivity index (χ3v) is 4.51. The Balaban J connectivity index is 1.53. The van der Waals surface area contributed by atoms with Crippen LogP contribution < -0.4 is 15.5 Å². The molecule has 1 aliphatic rings. The van der Waals surface area contributed by atoms with Crippen LogP contribution in [0.3, 0.4) is 0 Å². The molecule has 0 spiro atoms. The molecule has 26 heavy (non-hydrogen) atoms. The first-order valence-electron chi connectivity index (χ1n) is 9.19. The molecule has 2 heterocycles. The second kappa shape index (κ2) is 9.08. The molecular weight excluding hydrogens is 330 g/mol. The van der Waals surface area contributed by atoms with Gasteiger partial charge in [0.25, 0.3) is 5.91 Å². The highest BCUT2D eigenvalue weighted by atomic mass is 16.3. The lowest BCUT2D eigenvalue weighted by Gasteiger charge is -2.25. The Morgan fingerprint density at radius 2 is 1.77 bits per heavy atom. The average molecular weight is 355 g/mol. The van der Waals surface area contributed by atoms with Crippen molar-refractivity contribution in [2.75, 3.05) is 29.9 Å². The summed E-state index contributed by atoms with van der Waals surface area (Å²) in [5.41, 5.74) is 1.90. The Bertz CT molecular complexity index is 720. The summed E-state index contributed by atoms with van der Waals surface area (Å²) in [5.74, 6) is -0.184. The van der Waals surface area contributed by atoms with Gasteiger partial charge < -0.3 is 20.0 Å². The van der Waals surface area contributed by atoms with Gasteiger partial charge in [-0.25, -0.2) is 0 Å². The molecule has 6 nitrogen and oxygen atoms in total. The summed E-state index contributed by atoms with van der Waals surface area (Å²) >= 11 is 0. The second-order valence-corrected chi connectivity index (χ2v) is 6.45. The Morgan fingerprint density at radius 3 is 2.50 bits per heavy atom. The summed E-state index contributed by atoms with van der Waals surface area (Å²) in [6, 6.07) is 11.2. The Labute approximate surface area is 153 Å². The van der Waals surface area contributed by atoms with Gasteiger partial charge in [0, 0.05) is 26.1 Å². The Hall–Kier alpha value is -2.76. The van der Waals surface area contributed by atoms with Crippen molar-refractivity contribution < 1.29 is 14.0 Å². The van der Waals surface area contributed by atoms with Gasteiger partial charge in [0.2, 0.25) is 5.91 Å². The van der Waals surface area contributed by atoms with Crippen molar-refractivity contribution in [1.82, 2.24) is 5.32 Å². The highest BCUT2D eigenvalue weighted by Gasteiger charge is 2.15. The fourth-order valence-electron chi connectivity index (χ4n) is 3.16. The number of furan rings is 1. The molecule has 0 saturated carbocycles. The number of carbonyl (C=O) groups is 2. The molecule has 2 N–H and O–H groups in total. The van der Waals surface area contributed by atoms with Gasteiger partial charge >= 0.3 is 0 Å². The van der Waals surface area contributed by atoms with Gasteiger partial charge in [-0.3, -0.25) is 9.59 Å². The molecule has 0 bridgehead atoms. The molecule has 1 aromatic carbocycles. The second-order valence-electron chi connectivity index (χ2n) is 6.45. The lowest BCUT2D eigenvalue weighted by molar-refractivity contribution is -0.116. The fourth-order valence-corrected chi connectivity index (χ4v) is 3.16. The quantitative estimate of drug-likeness (QED) is 0.833. The molecule has 0 unspecified atom stereocenters. The molecule has 1 aromatic heterocycles. The number of hydrogen-bond donors (Lipinski definition) is 2.